The maximum Gasteiger partial charge on any atom is 4.00 e. The third kappa shape index (κ3) is 3.41. The topological polar surface area (TPSA) is 0 Å². The van der Waals surface area contributed by atoms with E-state index in [1.54, 1.807) is 0 Å². The zero-order chi connectivity index (χ0) is 14.4. The number of allylic oxidation sites excluding steroid dienone is 4. The standard InChI is InChI=1S/C19H17ClSi.2ClH.Hf/c1-21(20,14-8-2-3-9-14)19-17-12-6-4-10-15(17)16-11-5-7-13-18(16)19;;;/h2-8,10-13,19H,9H2,1H3;2*1H;/q;;;+4/p-2. The minimum absolute atomic E-state index is 0. The Kier molecular flexibility index (Phi) is 7.77. The molecule has 2 aromatic carbocycles. The van der Waals surface area contributed by atoms with Gasteiger partial charge in [0, 0.05) is 5.54 Å². The third-order valence-corrected chi connectivity index (χ3v) is 9.49. The number of hydrogen-bond donors (Lipinski definition) is 0. The second-order valence-electron chi connectivity index (χ2n) is 6.01. The number of hydrogen-bond acceptors (Lipinski definition) is 0. The first-order valence-corrected chi connectivity index (χ1v) is 11.0. The van der Waals surface area contributed by atoms with Gasteiger partial charge in [0.05, 0.1) is 0 Å². The molecule has 0 spiro atoms. The van der Waals surface area contributed by atoms with Crippen LogP contribution >= 0.6 is 11.1 Å². The molecule has 0 radical (unpaired) electrons. The number of benzene rings is 2. The van der Waals surface area contributed by atoms with E-state index < -0.39 is 7.38 Å². The molecular weight excluding hydrogens is 541 g/mol. The molecule has 0 heterocycles. The van der Waals surface area contributed by atoms with E-state index in [9.17, 15) is 0 Å². The molecule has 0 N–H and O–H groups in total. The number of halogens is 3. The molecule has 1 atom stereocenters. The van der Waals surface area contributed by atoms with E-state index in [1.165, 1.54) is 27.5 Å². The van der Waals surface area contributed by atoms with Gasteiger partial charge in [-0.05, 0) is 28.7 Å². The van der Waals surface area contributed by atoms with E-state index >= 15 is 0 Å². The Morgan fingerprint density at radius 3 is 1.88 bits per heavy atom. The van der Waals surface area contributed by atoms with Crippen molar-refractivity contribution >= 4 is 18.5 Å². The minimum Gasteiger partial charge on any atom is -1.00 e. The van der Waals surface area contributed by atoms with Crippen LogP contribution in [0.4, 0.5) is 0 Å². The van der Waals surface area contributed by atoms with E-state index in [0.717, 1.165) is 6.42 Å². The van der Waals surface area contributed by atoms with Gasteiger partial charge < -0.3 is 24.8 Å². The first-order valence-electron chi connectivity index (χ1n) is 7.43. The molecule has 0 saturated carbocycles. The van der Waals surface area contributed by atoms with Crippen molar-refractivity contribution in [2.24, 2.45) is 0 Å². The average molecular weight is 558 g/mol. The predicted octanol–water partition coefficient (Wildman–Crippen LogP) is -0.417. The second kappa shape index (κ2) is 8.51. The molecule has 2 aliphatic rings. The van der Waals surface area contributed by atoms with Gasteiger partial charge in [0.2, 0.25) is 0 Å². The Hall–Kier alpha value is -0.123. The van der Waals surface area contributed by atoms with Crippen molar-refractivity contribution in [1.82, 2.24) is 0 Å². The van der Waals surface area contributed by atoms with Crippen molar-refractivity contribution < 1.29 is 50.7 Å². The van der Waals surface area contributed by atoms with Crippen LogP contribution in [0.25, 0.3) is 11.1 Å². The molecule has 0 bridgehead atoms. The van der Waals surface area contributed by atoms with Gasteiger partial charge >= 0.3 is 25.8 Å². The Labute approximate surface area is 180 Å². The number of fused-ring (bicyclic) bond motifs is 3. The van der Waals surface area contributed by atoms with Crippen molar-refractivity contribution in [2.75, 3.05) is 0 Å². The Morgan fingerprint density at radius 1 is 0.917 bits per heavy atom. The predicted molar refractivity (Wildman–Crippen MR) is 93.0 cm³/mol. The van der Waals surface area contributed by atoms with Gasteiger partial charge in [-0.25, -0.2) is 0 Å². The molecule has 5 heteroatoms. The summed E-state index contributed by atoms with van der Waals surface area (Å²) in [7, 11) is -2.07. The van der Waals surface area contributed by atoms with E-state index in [-0.39, 0.29) is 50.7 Å². The van der Waals surface area contributed by atoms with Crippen molar-refractivity contribution in [3.63, 3.8) is 0 Å². The van der Waals surface area contributed by atoms with Crippen LogP contribution in [0.2, 0.25) is 6.55 Å². The van der Waals surface area contributed by atoms with Crippen LogP contribution in [-0.2, 0) is 25.8 Å². The number of rotatable bonds is 2. The third-order valence-electron chi connectivity index (χ3n) is 4.78. The van der Waals surface area contributed by atoms with Gasteiger partial charge in [-0.2, -0.15) is 11.1 Å². The summed E-state index contributed by atoms with van der Waals surface area (Å²) in [5.41, 5.74) is 5.91. The summed E-state index contributed by atoms with van der Waals surface area (Å²) in [6.45, 7) is 2.30. The summed E-state index contributed by atoms with van der Waals surface area (Å²) in [6.07, 6.45) is 7.63. The minimum atomic E-state index is -2.07. The maximum atomic E-state index is 7.23. The largest absolute Gasteiger partial charge is 4.00 e. The first-order chi connectivity index (χ1) is 10.2. The van der Waals surface area contributed by atoms with Gasteiger partial charge in [0.15, 0.2) is 7.38 Å². The normalized spacial score (nSPS) is 16.7. The fraction of sp³-hybridized carbons (Fsp3) is 0.158. The molecule has 0 fully saturated rings. The molecule has 0 saturated heterocycles. The molecule has 0 aliphatic heterocycles. The van der Waals surface area contributed by atoms with Gasteiger partial charge in [-0.3, -0.25) is 0 Å². The quantitative estimate of drug-likeness (QED) is 0.348. The summed E-state index contributed by atoms with van der Waals surface area (Å²) in [5, 5.41) is 1.45. The fourth-order valence-corrected chi connectivity index (χ4v) is 7.84. The Bertz CT molecular complexity index is 738. The van der Waals surface area contributed by atoms with Gasteiger partial charge in [-0.1, -0.05) is 78.5 Å². The molecule has 0 amide bonds. The Balaban J connectivity index is 0.000000960. The van der Waals surface area contributed by atoms with Crippen molar-refractivity contribution in [2.45, 2.75) is 18.5 Å². The summed E-state index contributed by atoms with van der Waals surface area (Å²) < 4.78 is 0. The molecule has 2 aromatic rings. The van der Waals surface area contributed by atoms with Crippen molar-refractivity contribution in [3.8, 4) is 11.1 Å². The summed E-state index contributed by atoms with van der Waals surface area (Å²) in [4.78, 5) is 0. The smallest absolute Gasteiger partial charge is 1.00 e. The zero-order valence-electron chi connectivity index (χ0n) is 13.3. The first kappa shape index (κ1) is 21.9. The summed E-state index contributed by atoms with van der Waals surface area (Å²) in [5.74, 6) is 0. The van der Waals surface area contributed by atoms with Crippen LogP contribution in [0.3, 0.4) is 0 Å². The average Bonchev–Trinajstić information content (AvgIpc) is 3.14. The van der Waals surface area contributed by atoms with Gasteiger partial charge in [-0.15, -0.1) is 0 Å². The zero-order valence-corrected chi connectivity index (χ0v) is 20.1. The van der Waals surface area contributed by atoms with E-state index in [2.05, 4.69) is 73.3 Å². The summed E-state index contributed by atoms with van der Waals surface area (Å²) in [6, 6.07) is 17.5. The van der Waals surface area contributed by atoms with Crippen LogP contribution < -0.4 is 24.8 Å². The van der Waals surface area contributed by atoms with Crippen LogP contribution in [0.5, 0.6) is 0 Å². The summed E-state index contributed by atoms with van der Waals surface area (Å²) >= 11 is 7.23. The molecule has 4 rings (SSSR count). The van der Waals surface area contributed by atoms with E-state index in [1.807, 2.05) is 0 Å². The second-order valence-corrected chi connectivity index (χ2v) is 11.7. The van der Waals surface area contributed by atoms with Gasteiger partial charge in [0.1, 0.15) is 0 Å². The van der Waals surface area contributed by atoms with E-state index in [4.69, 9.17) is 11.1 Å². The molecule has 0 nitrogen and oxygen atoms in total. The van der Waals surface area contributed by atoms with Gasteiger partial charge in [0.25, 0.3) is 0 Å². The molecule has 1 unspecified atom stereocenters. The van der Waals surface area contributed by atoms with Crippen LogP contribution in [0, 0.1) is 0 Å². The SMILES string of the molecule is C[Si](Cl)(C1=CC=CC1)C1c2ccccc2-c2ccccc21.[Cl-].[Cl-].[Hf+4]. The Morgan fingerprint density at radius 2 is 1.42 bits per heavy atom. The van der Waals surface area contributed by atoms with Crippen molar-refractivity contribution in [3.05, 3.63) is 83.1 Å². The molecular formula is C19H17Cl3HfSi+2. The van der Waals surface area contributed by atoms with Crippen LogP contribution in [0.15, 0.2) is 72.0 Å². The maximum absolute atomic E-state index is 7.23. The van der Waals surface area contributed by atoms with Crippen LogP contribution in [-0.4, -0.2) is 7.38 Å². The van der Waals surface area contributed by atoms with E-state index in [0.29, 0.717) is 5.54 Å². The molecule has 0 aromatic heterocycles. The van der Waals surface area contributed by atoms with Crippen molar-refractivity contribution in [1.29, 1.82) is 0 Å². The molecule has 2 aliphatic carbocycles. The monoisotopic (exact) mass is 558 g/mol. The molecule has 120 valence electrons. The fourth-order valence-electron chi connectivity index (χ4n) is 3.73. The molecule has 24 heavy (non-hydrogen) atoms. The van der Waals surface area contributed by atoms with Crippen LogP contribution in [0.1, 0.15) is 23.1 Å².